The molecule has 0 aromatic heterocycles. The number of allylic oxidation sites excluding steroid dienone is 1. The number of aliphatic hydroxyl groups is 1. The van der Waals surface area contributed by atoms with Crippen molar-refractivity contribution in [2.75, 3.05) is 6.61 Å². The molecule has 2 nitrogen and oxygen atoms in total. The van der Waals surface area contributed by atoms with Gasteiger partial charge in [-0.2, -0.15) is 0 Å². The van der Waals surface area contributed by atoms with Gasteiger partial charge in [-0.15, -0.1) is 0 Å². The van der Waals surface area contributed by atoms with E-state index in [4.69, 9.17) is 4.74 Å². The van der Waals surface area contributed by atoms with E-state index in [2.05, 4.69) is 13.8 Å². The monoisotopic (exact) mass is 168 g/mol. The topological polar surface area (TPSA) is 29.5 Å². The zero-order valence-corrected chi connectivity index (χ0v) is 7.71. The summed E-state index contributed by atoms with van der Waals surface area (Å²) in [4.78, 5) is 0. The number of hydrogen-bond donors (Lipinski definition) is 1. The molecule has 1 aliphatic carbocycles. The summed E-state index contributed by atoms with van der Waals surface area (Å²) in [5, 5.41) is 9.59. The SMILES string of the molecule is CC1=C2C(CC1)C(C)CO[C@H]2O. The Morgan fingerprint density at radius 3 is 2.92 bits per heavy atom. The number of rotatable bonds is 0. The minimum atomic E-state index is -0.603. The lowest BCUT2D eigenvalue weighted by molar-refractivity contribution is -0.115. The van der Waals surface area contributed by atoms with Crippen LogP contribution in [-0.4, -0.2) is 18.0 Å². The maximum Gasteiger partial charge on any atom is 0.177 e. The molecule has 2 aliphatic rings. The highest BCUT2D eigenvalue weighted by Gasteiger charge is 2.36. The van der Waals surface area contributed by atoms with Crippen LogP contribution in [0.25, 0.3) is 0 Å². The van der Waals surface area contributed by atoms with Gasteiger partial charge < -0.3 is 9.84 Å². The Balaban J connectivity index is 2.27. The highest BCUT2D eigenvalue weighted by Crippen LogP contribution is 2.41. The second-order valence-electron chi connectivity index (χ2n) is 4.04. The van der Waals surface area contributed by atoms with Crippen LogP contribution < -0.4 is 0 Å². The Hall–Kier alpha value is -0.340. The predicted molar refractivity (Wildman–Crippen MR) is 46.5 cm³/mol. The van der Waals surface area contributed by atoms with Gasteiger partial charge >= 0.3 is 0 Å². The van der Waals surface area contributed by atoms with Crippen LogP contribution >= 0.6 is 0 Å². The summed E-state index contributed by atoms with van der Waals surface area (Å²) in [5.41, 5.74) is 2.52. The minimum Gasteiger partial charge on any atom is -0.364 e. The number of aliphatic hydroxyl groups excluding tert-OH is 1. The van der Waals surface area contributed by atoms with Gasteiger partial charge in [0.2, 0.25) is 0 Å². The maximum atomic E-state index is 9.59. The fourth-order valence-electron chi connectivity index (χ4n) is 2.42. The summed E-state index contributed by atoms with van der Waals surface area (Å²) in [6.07, 6.45) is 1.75. The Labute approximate surface area is 73.2 Å². The second-order valence-corrected chi connectivity index (χ2v) is 4.04. The molecule has 2 rings (SSSR count). The largest absolute Gasteiger partial charge is 0.364 e. The van der Waals surface area contributed by atoms with Crippen LogP contribution in [0.2, 0.25) is 0 Å². The van der Waals surface area contributed by atoms with Crippen molar-refractivity contribution < 1.29 is 9.84 Å². The molecule has 0 saturated carbocycles. The van der Waals surface area contributed by atoms with E-state index in [1.54, 1.807) is 0 Å². The van der Waals surface area contributed by atoms with Crippen molar-refractivity contribution in [3.63, 3.8) is 0 Å². The number of fused-ring (bicyclic) bond motifs is 1. The summed E-state index contributed by atoms with van der Waals surface area (Å²) in [6.45, 7) is 5.03. The molecule has 68 valence electrons. The molecule has 1 fully saturated rings. The molecule has 0 aromatic rings. The lowest BCUT2D eigenvalue weighted by atomic mass is 9.86. The van der Waals surface area contributed by atoms with Crippen molar-refractivity contribution >= 4 is 0 Å². The molecule has 1 saturated heterocycles. The molecular formula is C10H16O2. The highest BCUT2D eigenvalue weighted by atomic mass is 16.6. The molecular weight excluding hydrogens is 152 g/mol. The lowest BCUT2D eigenvalue weighted by Crippen LogP contribution is -2.33. The van der Waals surface area contributed by atoms with Crippen molar-refractivity contribution in [2.45, 2.75) is 33.0 Å². The summed E-state index contributed by atoms with van der Waals surface area (Å²) in [7, 11) is 0. The standard InChI is InChI=1S/C10H16O2/c1-6-3-4-8-7(2)5-12-10(11)9(6)8/h7-8,10-11H,3-5H2,1-2H3/t7?,8?,10-/m1/s1. The molecule has 1 N–H and O–H groups in total. The fraction of sp³-hybridized carbons (Fsp3) is 0.800. The van der Waals surface area contributed by atoms with E-state index >= 15 is 0 Å². The van der Waals surface area contributed by atoms with E-state index in [9.17, 15) is 5.11 Å². The molecule has 0 bridgehead atoms. The minimum absolute atomic E-state index is 0.584. The molecule has 2 heteroatoms. The Morgan fingerprint density at radius 1 is 1.50 bits per heavy atom. The van der Waals surface area contributed by atoms with Crippen molar-refractivity contribution in [1.82, 2.24) is 0 Å². The predicted octanol–water partition coefficient (Wildman–Crippen LogP) is 1.70. The summed E-state index contributed by atoms with van der Waals surface area (Å²) >= 11 is 0. The maximum absolute atomic E-state index is 9.59. The van der Waals surface area contributed by atoms with Crippen LogP contribution in [0.4, 0.5) is 0 Å². The number of ether oxygens (including phenoxy) is 1. The van der Waals surface area contributed by atoms with Crippen LogP contribution in [0.3, 0.4) is 0 Å². The van der Waals surface area contributed by atoms with Crippen LogP contribution in [0.1, 0.15) is 26.7 Å². The Morgan fingerprint density at radius 2 is 2.25 bits per heavy atom. The highest BCUT2D eigenvalue weighted by molar-refractivity contribution is 5.25. The average Bonchev–Trinajstić information content (AvgIpc) is 2.42. The number of hydrogen-bond acceptors (Lipinski definition) is 2. The average molecular weight is 168 g/mol. The first kappa shape index (κ1) is 8.27. The van der Waals surface area contributed by atoms with Gasteiger partial charge in [-0.3, -0.25) is 0 Å². The van der Waals surface area contributed by atoms with Crippen molar-refractivity contribution in [2.24, 2.45) is 11.8 Å². The van der Waals surface area contributed by atoms with E-state index in [1.165, 1.54) is 17.6 Å². The molecule has 2 unspecified atom stereocenters. The zero-order valence-electron chi connectivity index (χ0n) is 7.71. The van der Waals surface area contributed by atoms with Crippen molar-refractivity contribution in [3.05, 3.63) is 11.1 Å². The summed E-state index contributed by atoms with van der Waals surface area (Å²) in [5.74, 6) is 1.18. The normalized spacial score (nSPS) is 41.8. The van der Waals surface area contributed by atoms with Crippen LogP contribution in [0, 0.1) is 11.8 Å². The summed E-state index contributed by atoms with van der Waals surface area (Å²) < 4.78 is 5.27. The first-order valence-electron chi connectivity index (χ1n) is 4.69. The van der Waals surface area contributed by atoms with Gasteiger partial charge in [-0.05, 0) is 37.2 Å². The first-order valence-corrected chi connectivity index (χ1v) is 4.69. The van der Waals surface area contributed by atoms with Gasteiger partial charge in [0.1, 0.15) is 0 Å². The van der Waals surface area contributed by atoms with Gasteiger partial charge in [-0.25, -0.2) is 0 Å². The third kappa shape index (κ3) is 1.10. The Kier molecular flexibility index (Phi) is 1.97. The van der Waals surface area contributed by atoms with Gasteiger partial charge in [-0.1, -0.05) is 12.5 Å². The van der Waals surface area contributed by atoms with Gasteiger partial charge in [0.05, 0.1) is 6.61 Å². The second kappa shape index (κ2) is 2.86. The van der Waals surface area contributed by atoms with Gasteiger partial charge in [0, 0.05) is 0 Å². The molecule has 1 aliphatic heterocycles. The van der Waals surface area contributed by atoms with Crippen molar-refractivity contribution in [3.8, 4) is 0 Å². The quantitative estimate of drug-likeness (QED) is 0.558. The zero-order chi connectivity index (χ0) is 8.72. The van der Waals surface area contributed by atoms with Crippen molar-refractivity contribution in [1.29, 1.82) is 0 Å². The van der Waals surface area contributed by atoms with E-state index in [1.807, 2.05) is 0 Å². The molecule has 12 heavy (non-hydrogen) atoms. The fourth-order valence-corrected chi connectivity index (χ4v) is 2.42. The van der Waals surface area contributed by atoms with E-state index in [-0.39, 0.29) is 0 Å². The van der Waals surface area contributed by atoms with E-state index < -0.39 is 6.29 Å². The molecule has 0 spiro atoms. The third-order valence-corrected chi connectivity index (χ3v) is 3.19. The Bertz CT molecular complexity index is 220. The third-order valence-electron chi connectivity index (χ3n) is 3.19. The molecule has 0 aromatic carbocycles. The molecule has 3 atom stereocenters. The van der Waals surface area contributed by atoms with Gasteiger partial charge in [0.25, 0.3) is 0 Å². The van der Waals surface area contributed by atoms with Gasteiger partial charge in [0.15, 0.2) is 6.29 Å². The van der Waals surface area contributed by atoms with E-state index in [0.717, 1.165) is 6.42 Å². The van der Waals surface area contributed by atoms with Crippen LogP contribution in [-0.2, 0) is 4.74 Å². The summed E-state index contributed by atoms with van der Waals surface area (Å²) in [6, 6.07) is 0. The molecule has 0 amide bonds. The van der Waals surface area contributed by atoms with Crippen LogP contribution in [0.15, 0.2) is 11.1 Å². The van der Waals surface area contributed by atoms with E-state index in [0.29, 0.717) is 18.4 Å². The smallest absolute Gasteiger partial charge is 0.177 e. The molecule has 0 radical (unpaired) electrons. The first-order chi connectivity index (χ1) is 5.70. The molecule has 1 heterocycles. The lowest BCUT2D eigenvalue weighted by Gasteiger charge is -2.32. The van der Waals surface area contributed by atoms with Crippen LogP contribution in [0.5, 0.6) is 0 Å².